The Morgan fingerprint density at radius 3 is 2.41 bits per heavy atom. The van der Waals surface area contributed by atoms with Crippen LogP contribution in [0.5, 0.6) is 0 Å². The SMILES string of the molecule is CC(=N)N1C(=N)CN=C(c2ccc(Cl)cc2)c2cc(-c3ccc4c(c3)[B]OC4)ccc21.CCNC(C)=O. The van der Waals surface area contributed by atoms with Crippen LogP contribution in [0.15, 0.2) is 65.7 Å². The van der Waals surface area contributed by atoms with Gasteiger partial charge in [-0.15, -0.1) is 0 Å². The number of carbonyl (C=O) groups excluding carboxylic acids is 1. The summed E-state index contributed by atoms with van der Waals surface area (Å²) in [6.45, 7) is 6.63. The lowest BCUT2D eigenvalue weighted by Gasteiger charge is -2.24. The molecule has 0 aromatic heterocycles. The highest BCUT2D eigenvalue weighted by molar-refractivity contribution is 6.49. The highest BCUT2D eigenvalue weighted by Crippen LogP contribution is 2.32. The maximum absolute atomic E-state index is 9.93. The van der Waals surface area contributed by atoms with Gasteiger partial charge >= 0.3 is 7.48 Å². The number of halogens is 1. The van der Waals surface area contributed by atoms with Gasteiger partial charge in [-0.3, -0.25) is 25.5 Å². The molecule has 0 saturated heterocycles. The van der Waals surface area contributed by atoms with Gasteiger partial charge in [0.15, 0.2) is 0 Å². The van der Waals surface area contributed by atoms with E-state index in [0.29, 0.717) is 11.6 Å². The molecule has 0 bridgehead atoms. The number of nitrogens with one attached hydrogen (secondary N) is 3. The highest BCUT2D eigenvalue weighted by atomic mass is 35.5. The first kappa shape index (κ1) is 26.3. The van der Waals surface area contributed by atoms with E-state index in [-0.39, 0.29) is 24.1 Å². The average Bonchev–Trinajstić information content (AvgIpc) is 3.28. The molecule has 0 saturated carbocycles. The fraction of sp³-hybridized carbons (Fsp3) is 0.214. The van der Waals surface area contributed by atoms with E-state index in [4.69, 9.17) is 32.1 Å². The first-order valence-corrected chi connectivity index (χ1v) is 12.4. The van der Waals surface area contributed by atoms with Crippen molar-refractivity contribution < 1.29 is 9.45 Å². The molecule has 0 spiro atoms. The summed E-state index contributed by atoms with van der Waals surface area (Å²) in [6.07, 6.45) is 0. The molecule has 9 heteroatoms. The van der Waals surface area contributed by atoms with Crippen molar-refractivity contribution in [2.24, 2.45) is 4.99 Å². The molecule has 0 unspecified atom stereocenters. The van der Waals surface area contributed by atoms with Crippen molar-refractivity contribution in [1.82, 2.24) is 5.32 Å². The van der Waals surface area contributed by atoms with Crippen LogP contribution >= 0.6 is 11.6 Å². The Bertz CT molecular complexity index is 1390. The monoisotopic (exact) mass is 512 g/mol. The number of hydrogen-bond donors (Lipinski definition) is 3. The molecule has 2 heterocycles. The van der Waals surface area contributed by atoms with E-state index >= 15 is 0 Å². The van der Waals surface area contributed by atoms with Gasteiger partial charge in [0.05, 0.1) is 24.6 Å². The predicted molar refractivity (Wildman–Crippen MR) is 152 cm³/mol. The van der Waals surface area contributed by atoms with Gasteiger partial charge in [-0.25, -0.2) is 0 Å². The number of benzene rings is 3. The van der Waals surface area contributed by atoms with Crippen molar-refractivity contribution >= 4 is 53.5 Å². The van der Waals surface area contributed by atoms with Crippen molar-refractivity contribution in [1.29, 1.82) is 10.8 Å². The zero-order valence-electron chi connectivity index (χ0n) is 21.1. The Kier molecular flexibility index (Phi) is 8.21. The van der Waals surface area contributed by atoms with Crippen molar-refractivity contribution in [3.63, 3.8) is 0 Å². The van der Waals surface area contributed by atoms with Crippen molar-refractivity contribution in [3.05, 3.63) is 82.4 Å². The topological polar surface area (TPSA) is 102 Å². The number of amides is 1. The van der Waals surface area contributed by atoms with E-state index in [1.165, 1.54) is 12.5 Å². The van der Waals surface area contributed by atoms with Gasteiger partial charge in [0.25, 0.3) is 0 Å². The van der Waals surface area contributed by atoms with Crippen LogP contribution in [0.1, 0.15) is 37.5 Å². The van der Waals surface area contributed by atoms with Crippen molar-refractivity contribution in [3.8, 4) is 11.1 Å². The van der Waals surface area contributed by atoms with Crippen molar-refractivity contribution in [2.75, 3.05) is 18.0 Å². The maximum atomic E-state index is 9.93. The fourth-order valence-electron chi connectivity index (χ4n) is 4.28. The summed E-state index contributed by atoms with van der Waals surface area (Å²) in [6, 6.07) is 20.0. The van der Waals surface area contributed by atoms with Crippen LogP contribution in [-0.2, 0) is 16.1 Å². The van der Waals surface area contributed by atoms with Crippen molar-refractivity contribution in [2.45, 2.75) is 27.4 Å². The molecule has 0 fully saturated rings. The van der Waals surface area contributed by atoms with Gasteiger partial charge in [-0.1, -0.05) is 48.0 Å². The van der Waals surface area contributed by atoms with Gasteiger partial charge < -0.3 is 9.97 Å². The zero-order chi connectivity index (χ0) is 26.5. The molecule has 2 aliphatic heterocycles. The molecular weight excluding hydrogens is 485 g/mol. The largest absolute Gasteiger partial charge is 0.430 e. The Morgan fingerprint density at radius 2 is 1.76 bits per heavy atom. The maximum Gasteiger partial charge on any atom is 0.330 e. The number of amidine groups is 2. The zero-order valence-corrected chi connectivity index (χ0v) is 21.8. The van der Waals surface area contributed by atoms with Gasteiger partial charge in [-0.2, -0.15) is 0 Å². The number of carbonyl (C=O) groups is 1. The number of hydrogen-bond acceptors (Lipinski definition) is 5. The first-order chi connectivity index (χ1) is 17.8. The van der Waals surface area contributed by atoms with Crippen LogP contribution in [0.3, 0.4) is 0 Å². The number of fused-ring (bicyclic) bond motifs is 2. The predicted octanol–water partition coefficient (Wildman–Crippen LogP) is 4.56. The third-order valence-corrected chi connectivity index (χ3v) is 6.21. The smallest absolute Gasteiger partial charge is 0.330 e. The number of benzodiazepines with no additional fused rings is 1. The van der Waals surface area contributed by atoms with Gasteiger partial charge in [-0.05, 0) is 60.3 Å². The van der Waals surface area contributed by atoms with E-state index in [0.717, 1.165) is 45.7 Å². The lowest BCUT2D eigenvalue weighted by atomic mass is 9.84. The summed E-state index contributed by atoms with van der Waals surface area (Å²) in [7, 11) is 1.80. The molecule has 7 nitrogen and oxygen atoms in total. The normalized spacial score (nSPS) is 13.8. The summed E-state index contributed by atoms with van der Waals surface area (Å²) in [5, 5.41) is 19.9. The molecule has 3 aromatic rings. The van der Waals surface area contributed by atoms with Crippen LogP contribution in [0, 0.1) is 10.8 Å². The number of aliphatic imine (C=N–C) groups is 1. The summed E-state index contributed by atoms with van der Waals surface area (Å²) in [4.78, 5) is 16.3. The Hall–Kier alpha value is -3.75. The van der Waals surface area contributed by atoms with Crippen LogP contribution in [-0.4, -0.2) is 43.9 Å². The van der Waals surface area contributed by atoms with Gasteiger partial charge in [0, 0.05) is 29.6 Å². The first-order valence-electron chi connectivity index (χ1n) is 12.0. The molecule has 187 valence electrons. The minimum atomic E-state index is 0.0394. The Labute approximate surface area is 222 Å². The molecule has 3 aromatic carbocycles. The van der Waals surface area contributed by atoms with Crippen LogP contribution in [0.25, 0.3) is 11.1 Å². The third kappa shape index (κ3) is 5.98. The summed E-state index contributed by atoms with van der Waals surface area (Å²) < 4.78 is 5.44. The van der Waals surface area contributed by atoms with Gasteiger partial charge in [0.1, 0.15) is 11.7 Å². The lowest BCUT2D eigenvalue weighted by Crippen LogP contribution is -2.35. The molecule has 37 heavy (non-hydrogen) atoms. The second-order valence-electron chi connectivity index (χ2n) is 8.70. The quantitative estimate of drug-likeness (QED) is 0.272. The van der Waals surface area contributed by atoms with E-state index in [1.807, 2.05) is 43.3 Å². The second-order valence-corrected chi connectivity index (χ2v) is 9.14. The molecule has 1 amide bonds. The molecule has 5 rings (SSSR count). The standard InChI is InChI=1S/C24H19BClN4O.C4H9NO/c1-14(27)30-22-9-6-16(17-2-3-18-13-31-25-21(18)11-17)10-20(22)24(29-12-23(30)28)15-4-7-19(26)8-5-15;1-3-5-4(2)6/h2-11,27-28H,12-13H2,1H3;3H2,1-2H3,(H,5,6). The average molecular weight is 513 g/mol. The molecule has 1 radical (unpaired) electrons. The van der Waals surface area contributed by atoms with Gasteiger partial charge in [0.2, 0.25) is 5.91 Å². The number of rotatable bonds is 3. The molecule has 3 N–H and O–H groups in total. The summed E-state index contributed by atoms with van der Waals surface area (Å²) >= 11 is 6.10. The third-order valence-electron chi connectivity index (χ3n) is 5.96. The number of nitrogens with zero attached hydrogens (tertiary/aromatic N) is 2. The van der Waals surface area contributed by atoms with E-state index < -0.39 is 0 Å². The summed E-state index contributed by atoms with van der Waals surface area (Å²) in [5.41, 5.74) is 7.78. The Morgan fingerprint density at radius 1 is 1.08 bits per heavy atom. The lowest BCUT2D eigenvalue weighted by molar-refractivity contribution is -0.118. The summed E-state index contributed by atoms with van der Waals surface area (Å²) in [5.74, 6) is 0.600. The molecule has 0 atom stereocenters. The molecular formula is C28H28BClN5O2. The minimum absolute atomic E-state index is 0.0394. The minimum Gasteiger partial charge on any atom is -0.430 e. The van der Waals surface area contributed by atoms with E-state index in [1.54, 1.807) is 19.3 Å². The number of anilines is 1. The van der Waals surface area contributed by atoms with E-state index in [9.17, 15) is 4.79 Å². The van der Waals surface area contributed by atoms with Crippen LogP contribution < -0.4 is 15.7 Å². The van der Waals surface area contributed by atoms with E-state index in [2.05, 4.69) is 29.6 Å². The molecule has 0 aliphatic carbocycles. The fourth-order valence-corrected chi connectivity index (χ4v) is 4.40. The Balaban J connectivity index is 0.000000480. The second kappa shape index (κ2) is 11.5. The highest BCUT2D eigenvalue weighted by Gasteiger charge is 2.25. The molecule has 2 aliphatic rings. The van der Waals surface area contributed by atoms with Crippen LogP contribution in [0.2, 0.25) is 5.02 Å². The van der Waals surface area contributed by atoms with Crippen LogP contribution in [0.4, 0.5) is 5.69 Å².